The number of rotatable bonds is 3. The van der Waals surface area contributed by atoms with Crippen LogP contribution in [0.15, 0.2) is 12.4 Å². The van der Waals surface area contributed by atoms with Gasteiger partial charge in [-0.05, 0) is 38.5 Å². The van der Waals surface area contributed by atoms with E-state index in [0.717, 1.165) is 51.2 Å². The molecule has 120 valence electrons. The van der Waals surface area contributed by atoms with Crippen molar-refractivity contribution in [2.45, 2.75) is 56.1 Å². The van der Waals surface area contributed by atoms with Gasteiger partial charge in [-0.3, -0.25) is 0 Å². The number of hydrogen-bond donors (Lipinski definition) is 0. The van der Waals surface area contributed by atoms with Gasteiger partial charge in [0.25, 0.3) is 0 Å². The smallest absolute Gasteiger partial charge is 0.132 e. The molecule has 1 aromatic heterocycles. The van der Waals surface area contributed by atoms with E-state index in [9.17, 15) is 0 Å². The first-order valence-electron chi connectivity index (χ1n) is 8.54. The monoisotopic (exact) mass is 303 g/mol. The Hall–Kier alpha value is -1.20. The highest BCUT2D eigenvalue weighted by atomic mass is 16.5. The van der Waals surface area contributed by atoms with E-state index in [-0.39, 0.29) is 11.7 Å². The Bertz CT molecular complexity index is 524. The highest BCUT2D eigenvalue weighted by molar-refractivity contribution is 5.41. The van der Waals surface area contributed by atoms with Crippen LogP contribution < -0.4 is 4.90 Å². The molecule has 1 saturated carbocycles. The number of ether oxygens (including phenoxy) is 2. The van der Waals surface area contributed by atoms with Gasteiger partial charge in [0.2, 0.25) is 0 Å². The molecule has 3 heterocycles. The zero-order valence-electron chi connectivity index (χ0n) is 13.3. The minimum absolute atomic E-state index is 0.0736. The number of hydrogen-bond acceptors (Lipinski definition) is 5. The molecule has 2 saturated heterocycles. The molecule has 2 aliphatic heterocycles. The molecule has 1 spiro atoms. The molecule has 4 rings (SSSR count). The molecule has 1 aromatic rings. The number of methoxy groups -OCH3 is 1. The van der Waals surface area contributed by atoms with E-state index in [2.05, 4.69) is 20.9 Å². The van der Waals surface area contributed by atoms with Gasteiger partial charge in [-0.1, -0.05) is 0 Å². The largest absolute Gasteiger partial charge is 0.378 e. The zero-order chi connectivity index (χ0) is 15.0. The topological polar surface area (TPSA) is 47.5 Å². The fraction of sp³-hybridized carbons (Fsp3) is 0.765. The van der Waals surface area contributed by atoms with Crippen LogP contribution in [0.1, 0.15) is 50.1 Å². The van der Waals surface area contributed by atoms with Gasteiger partial charge >= 0.3 is 0 Å². The average Bonchev–Trinajstić information content (AvgIpc) is 3.41. The van der Waals surface area contributed by atoms with Crippen LogP contribution in [0.25, 0.3) is 0 Å². The summed E-state index contributed by atoms with van der Waals surface area (Å²) in [5, 5.41) is 0. The van der Waals surface area contributed by atoms with Gasteiger partial charge < -0.3 is 14.4 Å². The Morgan fingerprint density at radius 1 is 1.23 bits per heavy atom. The summed E-state index contributed by atoms with van der Waals surface area (Å²) >= 11 is 0. The van der Waals surface area contributed by atoms with Crippen LogP contribution in [-0.4, -0.2) is 48.5 Å². The van der Waals surface area contributed by atoms with Gasteiger partial charge in [-0.2, -0.15) is 0 Å². The van der Waals surface area contributed by atoms with E-state index >= 15 is 0 Å². The fourth-order valence-electron chi connectivity index (χ4n) is 3.95. The van der Waals surface area contributed by atoms with Gasteiger partial charge in [0.1, 0.15) is 12.1 Å². The minimum atomic E-state index is -0.0736. The first-order chi connectivity index (χ1) is 10.8. The minimum Gasteiger partial charge on any atom is -0.378 e. The van der Waals surface area contributed by atoms with Crippen LogP contribution in [0.2, 0.25) is 0 Å². The van der Waals surface area contributed by atoms with Crippen LogP contribution in [0.5, 0.6) is 0 Å². The highest BCUT2D eigenvalue weighted by Crippen LogP contribution is 2.41. The molecule has 0 bridgehead atoms. The maximum atomic E-state index is 6.18. The maximum absolute atomic E-state index is 6.18. The normalized spacial score (nSPS) is 28.0. The number of aromatic nitrogens is 2. The Morgan fingerprint density at radius 2 is 2.05 bits per heavy atom. The van der Waals surface area contributed by atoms with E-state index in [0.29, 0.717) is 5.92 Å². The van der Waals surface area contributed by atoms with E-state index < -0.39 is 0 Å². The summed E-state index contributed by atoms with van der Waals surface area (Å²) in [6.45, 7) is 2.85. The summed E-state index contributed by atoms with van der Waals surface area (Å²) in [4.78, 5) is 11.3. The van der Waals surface area contributed by atoms with Crippen LogP contribution >= 0.6 is 0 Å². The summed E-state index contributed by atoms with van der Waals surface area (Å²) in [6.07, 6.45) is 8.81. The molecule has 0 radical (unpaired) electrons. The Labute approximate surface area is 132 Å². The molecule has 0 N–H and O–H groups in total. The molecular formula is C17H25N3O2. The van der Waals surface area contributed by atoms with Crippen molar-refractivity contribution >= 4 is 5.82 Å². The Balaban J connectivity index is 1.46. The summed E-state index contributed by atoms with van der Waals surface area (Å²) in [5.41, 5.74) is 1.14. The molecule has 3 fully saturated rings. The van der Waals surface area contributed by atoms with Crippen molar-refractivity contribution in [3.8, 4) is 0 Å². The van der Waals surface area contributed by atoms with Gasteiger partial charge in [-0.25, -0.2) is 9.97 Å². The van der Waals surface area contributed by atoms with E-state index in [1.54, 1.807) is 6.33 Å². The third-order valence-electron chi connectivity index (χ3n) is 5.47. The van der Waals surface area contributed by atoms with Gasteiger partial charge in [0.05, 0.1) is 11.7 Å². The van der Waals surface area contributed by atoms with Crippen LogP contribution in [0.4, 0.5) is 5.82 Å². The Kier molecular flexibility index (Phi) is 3.78. The maximum Gasteiger partial charge on any atom is 0.132 e. The lowest BCUT2D eigenvalue weighted by Crippen LogP contribution is -2.56. The number of anilines is 1. The van der Waals surface area contributed by atoms with Crippen molar-refractivity contribution < 1.29 is 9.47 Å². The molecule has 0 unspecified atom stereocenters. The predicted octanol–water partition coefficient (Wildman–Crippen LogP) is 2.52. The molecule has 1 atom stereocenters. The molecule has 5 nitrogen and oxygen atoms in total. The third-order valence-corrected chi connectivity index (χ3v) is 5.47. The lowest BCUT2D eigenvalue weighted by Gasteiger charge is -2.48. The second-order valence-corrected chi connectivity index (χ2v) is 6.84. The third kappa shape index (κ3) is 2.61. The second kappa shape index (κ2) is 5.78. The second-order valence-electron chi connectivity index (χ2n) is 6.84. The SMILES string of the molecule is CO[C@@H]1CCCOC12CCN(c1cc(C3CC3)ncn1)CC2. The summed E-state index contributed by atoms with van der Waals surface area (Å²) < 4.78 is 11.9. The molecule has 3 aliphatic rings. The molecule has 5 heteroatoms. The van der Waals surface area contributed by atoms with Gasteiger partial charge in [0, 0.05) is 44.5 Å². The van der Waals surface area contributed by atoms with Crippen molar-refractivity contribution in [1.29, 1.82) is 0 Å². The molecular weight excluding hydrogens is 278 g/mol. The molecule has 0 aromatic carbocycles. The Morgan fingerprint density at radius 3 is 2.77 bits per heavy atom. The first-order valence-corrected chi connectivity index (χ1v) is 8.54. The quantitative estimate of drug-likeness (QED) is 0.858. The summed E-state index contributed by atoms with van der Waals surface area (Å²) in [6, 6.07) is 2.19. The van der Waals surface area contributed by atoms with Crippen molar-refractivity contribution in [2.75, 3.05) is 31.7 Å². The van der Waals surface area contributed by atoms with Gasteiger partial charge in [0.15, 0.2) is 0 Å². The van der Waals surface area contributed by atoms with Crippen molar-refractivity contribution in [2.24, 2.45) is 0 Å². The van der Waals surface area contributed by atoms with Crippen LogP contribution in [-0.2, 0) is 9.47 Å². The number of piperidine rings is 1. The summed E-state index contributed by atoms with van der Waals surface area (Å²) in [7, 11) is 1.82. The fourth-order valence-corrected chi connectivity index (χ4v) is 3.95. The van der Waals surface area contributed by atoms with Crippen molar-refractivity contribution in [3.05, 3.63) is 18.1 Å². The lowest BCUT2D eigenvalue weighted by molar-refractivity contribution is -0.175. The van der Waals surface area contributed by atoms with Crippen LogP contribution in [0.3, 0.4) is 0 Å². The lowest BCUT2D eigenvalue weighted by atomic mass is 9.82. The van der Waals surface area contributed by atoms with Crippen LogP contribution in [0, 0.1) is 0 Å². The standard InChI is InChI=1S/C17H25N3O2/c1-21-15-3-2-10-22-17(15)6-8-20(9-7-17)16-11-14(13-4-5-13)18-12-19-16/h11-13,15H,2-10H2,1H3/t15-/m1/s1. The average molecular weight is 303 g/mol. The molecule has 0 amide bonds. The first kappa shape index (κ1) is 14.4. The van der Waals surface area contributed by atoms with Gasteiger partial charge in [-0.15, -0.1) is 0 Å². The van der Waals surface area contributed by atoms with Crippen molar-refractivity contribution in [3.63, 3.8) is 0 Å². The zero-order valence-corrected chi connectivity index (χ0v) is 13.3. The molecule has 1 aliphatic carbocycles. The predicted molar refractivity (Wildman–Crippen MR) is 84.2 cm³/mol. The summed E-state index contributed by atoms with van der Waals surface area (Å²) in [5.74, 6) is 1.76. The van der Waals surface area contributed by atoms with E-state index in [4.69, 9.17) is 9.47 Å². The molecule has 22 heavy (non-hydrogen) atoms. The van der Waals surface area contributed by atoms with E-state index in [1.165, 1.54) is 18.5 Å². The number of nitrogens with zero attached hydrogens (tertiary/aromatic N) is 3. The van der Waals surface area contributed by atoms with E-state index in [1.807, 2.05) is 7.11 Å². The van der Waals surface area contributed by atoms with Crippen molar-refractivity contribution in [1.82, 2.24) is 9.97 Å². The highest BCUT2D eigenvalue weighted by Gasteiger charge is 2.45.